The van der Waals surface area contributed by atoms with Crippen LogP contribution in [-0.2, 0) is 4.74 Å². The summed E-state index contributed by atoms with van der Waals surface area (Å²) in [5.74, 6) is 0.903. The molecule has 5 nitrogen and oxygen atoms in total. The summed E-state index contributed by atoms with van der Waals surface area (Å²) in [5, 5.41) is 3.99. The molecule has 0 N–H and O–H groups in total. The molecule has 0 bridgehead atoms. The lowest BCUT2D eigenvalue weighted by molar-refractivity contribution is 0.0458. The molecule has 1 aromatic heterocycles. The molecule has 0 saturated carbocycles. The van der Waals surface area contributed by atoms with Gasteiger partial charge in [0.1, 0.15) is 22.8 Å². The zero-order valence-corrected chi connectivity index (χ0v) is 12.7. The van der Waals surface area contributed by atoms with Gasteiger partial charge in [-0.15, -0.1) is 0 Å². The van der Waals surface area contributed by atoms with E-state index < -0.39 is 5.97 Å². The third-order valence-corrected chi connectivity index (χ3v) is 2.98. The van der Waals surface area contributed by atoms with E-state index in [9.17, 15) is 4.79 Å². The van der Waals surface area contributed by atoms with E-state index in [-0.39, 0.29) is 5.92 Å². The van der Waals surface area contributed by atoms with Gasteiger partial charge < -0.3 is 14.0 Å². The Kier molecular flexibility index (Phi) is 4.62. The molecular weight excluding hydrogens is 270 g/mol. The Bertz CT molecular complexity index is 631. The second-order valence-electron chi connectivity index (χ2n) is 5.15. The van der Waals surface area contributed by atoms with Crippen molar-refractivity contribution in [2.24, 2.45) is 5.92 Å². The van der Waals surface area contributed by atoms with Crippen molar-refractivity contribution in [2.75, 3.05) is 13.7 Å². The van der Waals surface area contributed by atoms with E-state index in [0.717, 1.165) is 0 Å². The molecule has 112 valence electrons. The van der Waals surface area contributed by atoms with Gasteiger partial charge in [-0.2, -0.15) is 0 Å². The number of para-hydroxylation sites is 1. The summed E-state index contributed by atoms with van der Waals surface area (Å²) >= 11 is 0. The van der Waals surface area contributed by atoms with Crippen LogP contribution in [0.25, 0.3) is 11.3 Å². The molecule has 0 aliphatic carbocycles. The first-order chi connectivity index (χ1) is 10.0. The van der Waals surface area contributed by atoms with Gasteiger partial charge in [-0.1, -0.05) is 31.1 Å². The van der Waals surface area contributed by atoms with Crippen LogP contribution in [0.1, 0.15) is 30.0 Å². The van der Waals surface area contributed by atoms with Gasteiger partial charge in [-0.25, -0.2) is 4.79 Å². The van der Waals surface area contributed by atoms with Crippen molar-refractivity contribution in [3.8, 4) is 17.0 Å². The van der Waals surface area contributed by atoms with Crippen LogP contribution >= 0.6 is 0 Å². The fourth-order valence-corrected chi connectivity index (χ4v) is 1.95. The topological polar surface area (TPSA) is 61.6 Å². The maximum Gasteiger partial charge on any atom is 0.344 e. The van der Waals surface area contributed by atoms with Crippen LogP contribution in [0.2, 0.25) is 0 Å². The van der Waals surface area contributed by atoms with E-state index in [0.29, 0.717) is 34.9 Å². The highest BCUT2D eigenvalue weighted by atomic mass is 16.5. The van der Waals surface area contributed by atoms with Crippen molar-refractivity contribution < 1.29 is 18.8 Å². The first kappa shape index (κ1) is 15.1. The summed E-state index contributed by atoms with van der Waals surface area (Å²) < 4.78 is 15.8. The third-order valence-electron chi connectivity index (χ3n) is 2.98. The number of benzene rings is 1. The summed E-state index contributed by atoms with van der Waals surface area (Å²) in [6.45, 7) is 6.01. The summed E-state index contributed by atoms with van der Waals surface area (Å²) in [4.78, 5) is 12.3. The van der Waals surface area contributed by atoms with Crippen molar-refractivity contribution in [3.63, 3.8) is 0 Å². The van der Waals surface area contributed by atoms with Gasteiger partial charge in [0.05, 0.1) is 13.7 Å². The van der Waals surface area contributed by atoms with E-state index in [1.807, 2.05) is 38.1 Å². The number of aryl methyl sites for hydroxylation is 1. The van der Waals surface area contributed by atoms with Crippen molar-refractivity contribution in [3.05, 3.63) is 35.6 Å². The van der Waals surface area contributed by atoms with Crippen LogP contribution in [0, 0.1) is 12.8 Å². The van der Waals surface area contributed by atoms with Crippen LogP contribution in [0.15, 0.2) is 28.8 Å². The fraction of sp³-hybridized carbons (Fsp3) is 0.375. The number of hydrogen-bond acceptors (Lipinski definition) is 5. The molecule has 2 aromatic rings. The zero-order chi connectivity index (χ0) is 15.4. The highest BCUT2D eigenvalue weighted by Crippen LogP contribution is 2.32. The Morgan fingerprint density at radius 1 is 1.33 bits per heavy atom. The maximum atomic E-state index is 12.3. The number of hydrogen-bond donors (Lipinski definition) is 0. The lowest BCUT2D eigenvalue weighted by Crippen LogP contribution is -2.11. The van der Waals surface area contributed by atoms with Crippen LogP contribution < -0.4 is 4.74 Å². The Morgan fingerprint density at radius 3 is 2.71 bits per heavy atom. The molecule has 0 unspecified atom stereocenters. The average molecular weight is 289 g/mol. The molecule has 0 saturated heterocycles. The maximum absolute atomic E-state index is 12.3. The molecule has 0 atom stereocenters. The highest BCUT2D eigenvalue weighted by Gasteiger charge is 2.24. The molecule has 0 radical (unpaired) electrons. The van der Waals surface area contributed by atoms with Crippen molar-refractivity contribution in [1.82, 2.24) is 5.16 Å². The van der Waals surface area contributed by atoms with Crippen molar-refractivity contribution in [2.45, 2.75) is 20.8 Å². The molecule has 0 aliphatic heterocycles. The standard InChI is InChI=1S/C16H19NO4/c1-10(2)9-20-16(18)14-11(3)21-17-15(14)12-7-5-6-8-13(12)19-4/h5-8,10H,9H2,1-4H3. The molecule has 1 aromatic carbocycles. The van der Waals surface area contributed by atoms with E-state index in [2.05, 4.69) is 5.16 Å². The summed E-state index contributed by atoms with van der Waals surface area (Å²) in [6, 6.07) is 7.34. The quantitative estimate of drug-likeness (QED) is 0.789. The number of ether oxygens (including phenoxy) is 2. The zero-order valence-electron chi connectivity index (χ0n) is 12.7. The summed E-state index contributed by atoms with van der Waals surface area (Å²) in [7, 11) is 1.57. The molecule has 1 heterocycles. The molecular formula is C16H19NO4. The number of carbonyl (C=O) groups excluding carboxylic acids is 1. The van der Waals surface area contributed by atoms with Gasteiger partial charge in [-0.3, -0.25) is 0 Å². The Hall–Kier alpha value is -2.30. The molecule has 21 heavy (non-hydrogen) atoms. The number of carbonyl (C=O) groups is 1. The smallest absolute Gasteiger partial charge is 0.344 e. The molecule has 0 fully saturated rings. The summed E-state index contributed by atoms with van der Waals surface area (Å²) in [5.41, 5.74) is 1.49. The fourth-order valence-electron chi connectivity index (χ4n) is 1.95. The lowest BCUT2D eigenvalue weighted by Gasteiger charge is -2.09. The monoisotopic (exact) mass is 289 g/mol. The predicted octanol–water partition coefficient (Wildman–Crippen LogP) is 3.47. The van der Waals surface area contributed by atoms with Crippen molar-refractivity contribution in [1.29, 1.82) is 0 Å². The largest absolute Gasteiger partial charge is 0.496 e. The summed E-state index contributed by atoms with van der Waals surface area (Å²) in [6.07, 6.45) is 0. The number of aromatic nitrogens is 1. The second-order valence-corrected chi connectivity index (χ2v) is 5.15. The molecule has 2 rings (SSSR count). The minimum Gasteiger partial charge on any atom is -0.496 e. The van der Waals surface area contributed by atoms with Gasteiger partial charge in [0.15, 0.2) is 0 Å². The Balaban J connectivity index is 2.40. The van der Waals surface area contributed by atoms with Crippen LogP contribution in [0.5, 0.6) is 5.75 Å². The van der Waals surface area contributed by atoms with Gasteiger partial charge in [0, 0.05) is 5.56 Å². The average Bonchev–Trinajstić information content (AvgIpc) is 2.86. The minimum atomic E-state index is -0.427. The van der Waals surface area contributed by atoms with E-state index in [1.54, 1.807) is 14.0 Å². The van der Waals surface area contributed by atoms with Gasteiger partial charge in [-0.05, 0) is 25.0 Å². The van der Waals surface area contributed by atoms with E-state index in [1.165, 1.54) is 0 Å². The number of esters is 1. The Morgan fingerprint density at radius 2 is 2.05 bits per heavy atom. The first-order valence-electron chi connectivity index (χ1n) is 6.81. The molecule has 0 spiro atoms. The van der Waals surface area contributed by atoms with Crippen LogP contribution in [-0.4, -0.2) is 24.8 Å². The number of rotatable bonds is 5. The Labute approximate surface area is 123 Å². The molecule has 0 amide bonds. The van der Waals surface area contributed by atoms with Gasteiger partial charge in [0.25, 0.3) is 0 Å². The van der Waals surface area contributed by atoms with Crippen LogP contribution in [0.4, 0.5) is 0 Å². The van der Waals surface area contributed by atoms with Crippen LogP contribution in [0.3, 0.4) is 0 Å². The number of methoxy groups -OCH3 is 1. The minimum absolute atomic E-state index is 0.267. The number of nitrogens with zero attached hydrogens (tertiary/aromatic N) is 1. The second kappa shape index (κ2) is 6.43. The highest BCUT2D eigenvalue weighted by molar-refractivity contribution is 5.97. The SMILES string of the molecule is COc1ccccc1-c1noc(C)c1C(=O)OCC(C)C. The lowest BCUT2D eigenvalue weighted by atomic mass is 10.1. The third kappa shape index (κ3) is 3.24. The molecule has 0 aliphatic rings. The van der Waals surface area contributed by atoms with Gasteiger partial charge >= 0.3 is 5.97 Å². The predicted molar refractivity (Wildman–Crippen MR) is 78.3 cm³/mol. The first-order valence-corrected chi connectivity index (χ1v) is 6.81. The molecule has 5 heteroatoms. The normalized spacial score (nSPS) is 10.7. The van der Waals surface area contributed by atoms with E-state index >= 15 is 0 Å². The van der Waals surface area contributed by atoms with Crippen molar-refractivity contribution >= 4 is 5.97 Å². The van der Waals surface area contributed by atoms with Gasteiger partial charge in [0.2, 0.25) is 0 Å². The van der Waals surface area contributed by atoms with E-state index in [4.69, 9.17) is 14.0 Å².